The third-order valence-electron chi connectivity index (χ3n) is 4.09. The maximum Gasteiger partial charge on any atom is 0.200 e. The van der Waals surface area contributed by atoms with Crippen LogP contribution in [0.15, 0.2) is 6.07 Å². The van der Waals surface area contributed by atoms with E-state index < -0.39 is 0 Å². The molecule has 2 aliphatic rings. The van der Waals surface area contributed by atoms with E-state index in [2.05, 4.69) is 25.8 Å². The van der Waals surface area contributed by atoms with Gasteiger partial charge in [-0.2, -0.15) is 0 Å². The number of nitrogens with one attached hydrogen (secondary N) is 1. The van der Waals surface area contributed by atoms with Gasteiger partial charge in [0.25, 0.3) is 0 Å². The van der Waals surface area contributed by atoms with Crippen LogP contribution >= 0.6 is 12.2 Å². The lowest BCUT2D eigenvalue weighted by atomic mass is 10.1. The smallest absolute Gasteiger partial charge is 0.200 e. The van der Waals surface area contributed by atoms with Gasteiger partial charge in [-0.3, -0.25) is 0 Å². The van der Waals surface area contributed by atoms with Gasteiger partial charge in [0.15, 0.2) is 4.77 Å². The van der Waals surface area contributed by atoms with Crippen molar-refractivity contribution in [3.8, 4) is 0 Å². The van der Waals surface area contributed by atoms with Gasteiger partial charge in [-0.05, 0) is 50.7 Å². The minimum absolute atomic E-state index is 0.614. The van der Waals surface area contributed by atoms with Crippen LogP contribution < -0.4 is 9.80 Å². The molecule has 1 N–H and O–H groups in total. The van der Waals surface area contributed by atoms with E-state index in [1.54, 1.807) is 0 Å². The Morgan fingerprint density at radius 1 is 0.895 bits per heavy atom. The van der Waals surface area contributed by atoms with Gasteiger partial charge in [-0.15, -0.1) is 0 Å². The van der Waals surface area contributed by atoms with Gasteiger partial charge in [-0.25, -0.2) is 4.98 Å². The first-order chi connectivity index (χ1) is 9.33. The number of hydrogen-bond donors (Lipinski definition) is 1. The Labute approximate surface area is 119 Å². The van der Waals surface area contributed by atoms with Crippen LogP contribution in [0.5, 0.6) is 0 Å². The summed E-state index contributed by atoms with van der Waals surface area (Å²) in [5, 5.41) is 0. The highest BCUT2D eigenvalue weighted by atomic mass is 32.1. The lowest BCUT2D eigenvalue weighted by Gasteiger charge is -2.31. The Morgan fingerprint density at radius 3 is 2.11 bits per heavy atom. The zero-order valence-electron chi connectivity index (χ0n) is 11.4. The summed E-state index contributed by atoms with van der Waals surface area (Å²) in [5.41, 5.74) is 0. The van der Waals surface area contributed by atoms with E-state index in [1.165, 1.54) is 38.5 Å². The predicted molar refractivity (Wildman–Crippen MR) is 81.5 cm³/mol. The third kappa shape index (κ3) is 3.08. The van der Waals surface area contributed by atoms with Gasteiger partial charge >= 0.3 is 0 Å². The summed E-state index contributed by atoms with van der Waals surface area (Å²) in [7, 11) is 0. The Balaban J connectivity index is 1.84. The van der Waals surface area contributed by atoms with Crippen molar-refractivity contribution in [1.82, 2.24) is 9.97 Å². The van der Waals surface area contributed by atoms with Gasteiger partial charge in [0.05, 0.1) is 0 Å². The van der Waals surface area contributed by atoms with E-state index in [0.717, 1.165) is 37.8 Å². The molecule has 0 bridgehead atoms. The maximum atomic E-state index is 5.31. The van der Waals surface area contributed by atoms with Crippen LogP contribution in [0.2, 0.25) is 0 Å². The molecule has 3 rings (SSSR count). The molecule has 5 heteroatoms. The predicted octanol–water partition coefficient (Wildman–Crippen LogP) is 3.12. The molecule has 0 radical (unpaired) electrons. The molecule has 0 atom stereocenters. The molecule has 0 aromatic carbocycles. The first-order valence-corrected chi connectivity index (χ1v) is 7.85. The molecular weight excluding hydrogens is 256 g/mol. The summed E-state index contributed by atoms with van der Waals surface area (Å²) in [5.74, 6) is 2.21. The van der Waals surface area contributed by atoms with Crippen molar-refractivity contribution in [2.75, 3.05) is 36.0 Å². The Kier molecular flexibility index (Phi) is 4.01. The molecule has 0 saturated carbocycles. The van der Waals surface area contributed by atoms with E-state index >= 15 is 0 Å². The summed E-state index contributed by atoms with van der Waals surface area (Å²) < 4.78 is 0.614. The van der Waals surface area contributed by atoms with Gasteiger partial charge in [0, 0.05) is 32.2 Å². The molecule has 2 fully saturated rings. The van der Waals surface area contributed by atoms with E-state index in [9.17, 15) is 0 Å². The summed E-state index contributed by atoms with van der Waals surface area (Å²) in [4.78, 5) is 12.6. The molecule has 1 aromatic rings. The van der Waals surface area contributed by atoms with E-state index in [1.807, 2.05) is 0 Å². The van der Waals surface area contributed by atoms with Crippen LogP contribution in [0.1, 0.15) is 38.5 Å². The second-order valence-electron chi connectivity index (χ2n) is 5.53. The molecule has 4 nitrogen and oxygen atoms in total. The van der Waals surface area contributed by atoms with Crippen molar-refractivity contribution >= 4 is 23.9 Å². The van der Waals surface area contributed by atoms with Gasteiger partial charge < -0.3 is 14.8 Å². The monoisotopic (exact) mass is 278 g/mol. The fourth-order valence-electron chi connectivity index (χ4n) is 3.02. The van der Waals surface area contributed by atoms with E-state index in [4.69, 9.17) is 12.2 Å². The number of piperidine rings is 2. The second-order valence-corrected chi connectivity index (χ2v) is 5.91. The molecule has 19 heavy (non-hydrogen) atoms. The van der Waals surface area contributed by atoms with Crippen molar-refractivity contribution in [1.29, 1.82) is 0 Å². The van der Waals surface area contributed by atoms with Crippen molar-refractivity contribution in [3.05, 3.63) is 10.8 Å². The average Bonchev–Trinajstić information content (AvgIpc) is 2.48. The minimum atomic E-state index is 0.614. The number of H-pyrrole nitrogens is 1. The molecule has 0 spiro atoms. The fraction of sp³-hybridized carbons (Fsp3) is 0.714. The van der Waals surface area contributed by atoms with Crippen LogP contribution in [0.25, 0.3) is 0 Å². The Morgan fingerprint density at radius 2 is 1.47 bits per heavy atom. The van der Waals surface area contributed by atoms with Crippen molar-refractivity contribution < 1.29 is 0 Å². The van der Waals surface area contributed by atoms with Crippen LogP contribution in [0, 0.1) is 4.77 Å². The summed E-state index contributed by atoms with van der Waals surface area (Å²) in [6.07, 6.45) is 7.79. The summed E-state index contributed by atoms with van der Waals surface area (Å²) in [6, 6.07) is 2.19. The number of hydrogen-bond acceptors (Lipinski definition) is 4. The standard InChI is InChI=1S/C14H22N4S/c19-14-15-12(17-7-3-1-4-8-17)11-13(16-14)18-9-5-2-6-10-18/h11H,1-10H2,(H,15,16,19). The number of aromatic nitrogens is 2. The topological polar surface area (TPSA) is 35.2 Å². The number of aromatic amines is 1. The van der Waals surface area contributed by atoms with Crippen LogP contribution in [0.4, 0.5) is 11.6 Å². The van der Waals surface area contributed by atoms with Gasteiger partial charge in [0.2, 0.25) is 0 Å². The number of nitrogens with zero attached hydrogens (tertiary/aromatic N) is 3. The number of rotatable bonds is 2. The molecule has 2 saturated heterocycles. The normalized spacial score (nSPS) is 20.6. The molecule has 0 aliphatic carbocycles. The zero-order chi connectivity index (χ0) is 13.1. The van der Waals surface area contributed by atoms with Crippen LogP contribution in [-0.4, -0.2) is 36.1 Å². The van der Waals surface area contributed by atoms with Crippen LogP contribution in [-0.2, 0) is 0 Å². The second kappa shape index (κ2) is 5.90. The quantitative estimate of drug-likeness (QED) is 0.843. The summed E-state index contributed by atoms with van der Waals surface area (Å²) >= 11 is 5.31. The lowest BCUT2D eigenvalue weighted by molar-refractivity contribution is 0.566. The zero-order valence-corrected chi connectivity index (χ0v) is 12.2. The molecule has 1 aromatic heterocycles. The SMILES string of the molecule is S=c1nc(N2CCCCC2)cc(N2CCCCC2)[nH]1. The molecule has 104 valence electrons. The number of anilines is 2. The third-order valence-corrected chi connectivity index (χ3v) is 4.29. The highest BCUT2D eigenvalue weighted by molar-refractivity contribution is 7.71. The fourth-order valence-corrected chi connectivity index (χ4v) is 3.22. The first kappa shape index (κ1) is 12.9. The highest BCUT2D eigenvalue weighted by Gasteiger charge is 2.16. The van der Waals surface area contributed by atoms with Crippen molar-refractivity contribution in [2.45, 2.75) is 38.5 Å². The molecule has 3 heterocycles. The van der Waals surface area contributed by atoms with Crippen molar-refractivity contribution in [3.63, 3.8) is 0 Å². The van der Waals surface area contributed by atoms with Gasteiger partial charge in [-0.1, -0.05) is 0 Å². The molecule has 0 amide bonds. The Hall–Kier alpha value is -1.10. The molecular formula is C14H22N4S. The minimum Gasteiger partial charge on any atom is -0.358 e. The maximum absolute atomic E-state index is 5.31. The average molecular weight is 278 g/mol. The van der Waals surface area contributed by atoms with E-state index in [-0.39, 0.29) is 0 Å². The largest absolute Gasteiger partial charge is 0.358 e. The van der Waals surface area contributed by atoms with Gasteiger partial charge in [0.1, 0.15) is 11.6 Å². The Bertz CT molecular complexity index is 433. The molecule has 0 unspecified atom stereocenters. The van der Waals surface area contributed by atoms with Crippen LogP contribution in [0.3, 0.4) is 0 Å². The van der Waals surface area contributed by atoms with Crippen molar-refractivity contribution in [2.24, 2.45) is 0 Å². The lowest BCUT2D eigenvalue weighted by Crippen LogP contribution is -2.32. The molecule has 2 aliphatic heterocycles. The first-order valence-electron chi connectivity index (χ1n) is 7.44. The summed E-state index contributed by atoms with van der Waals surface area (Å²) in [6.45, 7) is 4.50. The highest BCUT2D eigenvalue weighted by Crippen LogP contribution is 2.23. The van der Waals surface area contributed by atoms with E-state index in [0.29, 0.717) is 4.77 Å².